The number of carbonyl (C=O) groups is 1. The molecule has 0 aliphatic carbocycles. The maximum Gasteiger partial charge on any atom is 0.216 e. The van der Waals surface area contributed by atoms with Crippen molar-refractivity contribution in [2.24, 2.45) is 0 Å². The summed E-state index contributed by atoms with van der Waals surface area (Å²) >= 11 is 3.77. The Labute approximate surface area is 88.4 Å². The Morgan fingerprint density at radius 2 is 1.71 bits per heavy atom. The number of hydrogen-bond acceptors (Lipinski definition) is 3. The summed E-state index contributed by atoms with van der Waals surface area (Å²) in [5, 5.41) is -0.275. The number of thiol groups is 1. The van der Waals surface area contributed by atoms with Gasteiger partial charge in [-0.25, -0.2) is 0 Å². The van der Waals surface area contributed by atoms with E-state index in [-0.39, 0.29) is 5.12 Å². The van der Waals surface area contributed by atoms with E-state index in [4.69, 9.17) is 9.47 Å². The highest BCUT2D eigenvalue weighted by Crippen LogP contribution is 2.30. The maximum atomic E-state index is 11.1. The van der Waals surface area contributed by atoms with Gasteiger partial charge >= 0.3 is 0 Å². The quantitative estimate of drug-likeness (QED) is 0.779. The third-order valence-electron chi connectivity index (χ3n) is 1.96. The molecule has 0 saturated carbocycles. The summed E-state index contributed by atoms with van der Waals surface area (Å²) in [7, 11) is 3.08. The molecule has 0 spiro atoms. The molecule has 14 heavy (non-hydrogen) atoms. The molecule has 0 aromatic heterocycles. The van der Waals surface area contributed by atoms with Crippen molar-refractivity contribution in [3.05, 3.63) is 23.3 Å². The van der Waals surface area contributed by atoms with Crippen LogP contribution in [0.25, 0.3) is 0 Å². The zero-order chi connectivity index (χ0) is 10.7. The van der Waals surface area contributed by atoms with Crippen LogP contribution in [-0.2, 0) is 0 Å². The van der Waals surface area contributed by atoms with Crippen LogP contribution in [0, 0.1) is 6.92 Å². The van der Waals surface area contributed by atoms with Gasteiger partial charge in [-0.1, -0.05) is 0 Å². The van der Waals surface area contributed by atoms with Crippen molar-refractivity contribution >= 4 is 17.7 Å². The van der Waals surface area contributed by atoms with Gasteiger partial charge in [-0.3, -0.25) is 4.79 Å². The lowest BCUT2D eigenvalue weighted by Gasteiger charge is -2.10. The molecule has 0 aliphatic heterocycles. The second kappa shape index (κ2) is 4.37. The van der Waals surface area contributed by atoms with E-state index in [2.05, 4.69) is 12.6 Å². The van der Waals surface area contributed by atoms with E-state index in [1.807, 2.05) is 6.92 Å². The summed E-state index contributed by atoms with van der Waals surface area (Å²) in [4.78, 5) is 11.1. The number of rotatable bonds is 3. The predicted octanol–water partition coefficient (Wildman–Crippen LogP) is 2.08. The second-order valence-corrected chi connectivity index (χ2v) is 3.23. The van der Waals surface area contributed by atoms with Crippen molar-refractivity contribution < 1.29 is 14.3 Å². The van der Waals surface area contributed by atoms with Gasteiger partial charge < -0.3 is 9.47 Å². The Hall–Kier alpha value is -1.16. The highest BCUT2D eigenvalue weighted by atomic mass is 32.1. The van der Waals surface area contributed by atoms with E-state index >= 15 is 0 Å². The van der Waals surface area contributed by atoms with E-state index in [0.717, 1.165) is 5.56 Å². The summed E-state index contributed by atoms with van der Waals surface area (Å²) in [6.07, 6.45) is 0. The average Bonchev–Trinajstić information content (AvgIpc) is 2.16. The number of benzene rings is 1. The Kier molecular flexibility index (Phi) is 3.41. The smallest absolute Gasteiger partial charge is 0.216 e. The van der Waals surface area contributed by atoms with Gasteiger partial charge in [0.1, 0.15) is 0 Å². The Morgan fingerprint density at radius 3 is 2.14 bits per heavy atom. The molecule has 1 rings (SSSR count). The van der Waals surface area contributed by atoms with E-state index in [1.165, 1.54) is 7.11 Å². The summed E-state index contributed by atoms with van der Waals surface area (Å²) in [5.74, 6) is 1.15. The molecule has 1 aromatic rings. The van der Waals surface area contributed by atoms with Gasteiger partial charge in [0.15, 0.2) is 11.5 Å². The van der Waals surface area contributed by atoms with Crippen LogP contribution in [0.1, 0.15) is 15.9 Å². The minimum absolute atomic E-state index is 0.275. The molecule has 0 atom stereocenters. The zero-order valence-corrected chi connectivity index (χ0v) is 9.22. The molecule has 0 aliphatic rings. The van der Waals surface area contributed by atoms with E-state index in [0.29, 0.717) is 17.1 Å². The minimum Gasteiger partial charge on any atom is -0.493 e. The van der Waals surface area contributed by atoms with Crippen LogP contribution in [0.4, 0.5) is 0 Å². The molecule has 0 N–H and O–H groups in total. The minimum atomic E-state index is -0.275. The Bertz CT molecular complexity index is 361. The van der Waals surface area contributed by atoms with E-state index in [1.54, 1.807) is 19.2 Å². The first-order valence-electron chi connectivity index (χ1n) is 4.06. The number of aryl methyl sites for hydroxylation is 1. The molecule has 0 radical (unpaired) electrons. The molecular formula is C10H12O3S. The van der Waals surface area contributed by atoms with E-state index in [9.17, 15) is 4.79 Å². The van der Waals surface area contributed by atoms with Crippen LogP contribution < -0.4 is 9.47 Å². The van der Waals surface area contributed by atoms with Crippen LogP contribution in [-0.4, -0.2) is 19.3 Å². The van der Waals surface area contributed by atoms with Gasteiger partial charge in [-0.05, 0) is 24.6 Å². The standard InChI is InChI=1S/C10H12O3S/c1-6-4-8(12-2)9(13-3)5-7(6)10(11)14/h4-5H,1-3H3,(H,11,14). The highest BCUT2D eigenvalue weighted by molar-refractivity contribution is 7.97. The molecule has 76 valence electrons. The van der Waals surface area contributed by atoms with Crippen LogP contribution in [0.2, 0.25) is 0 Å². The van der Waals surface area contributed by atoms with Gasteiger partial charge in [-0.2, -0.15) is 0 Å². The first-order chi connectivity index (χ1) is 6.60. The molecule has 0 unspecified atom stereocenters. The topological polar surface area (TPSA) is 35.5 Å². The van der Waals surface area contributed by atoms with Crippen molar-refractivity contribution in [3.63, 3.8) is 0 Å². The van der Waals surface area contributed by atoms with Gasteiger partial charge in [0.05, 0.1) is 14.2 Å². The molecule has 4 heteroatoms. The van der Waals surface area contributed by atoms with Crippen molar-refractivity contribution in [1.82, 2.24) is 0 Å². The number of ether oxygens (including phenoxy) is 2. The summed E-state index contributed by atoms with van der Waals surface area (Å²) < 4.78 is 10.2. The summed E-state index contributed by atoms with van der Waals surface area (Å²) in [5.41, 5.74) is 1.36. The normalized spacial score (nSPS) is 9.71. The second-order valence-electron chi connectivity index (χ2n) is 2.83. The predicted molar refractivity (Wildman–Crippen MR) is 57.6 cm³/mol. The monoisotopic (exact) mass is 212 g/mol. The lowest BCUT2D eigenvalue weighted by Crippen LogP contribution is -1.98. The third kappa shape index (κ3) is 2.01. The first kappa shape index (κ1) is 10.9. The number of hydrogen-bond donors (Lipinski definition) is 1. The Morgan fingerprint density at radius 1 is 1.21 bits per heavy atom. The van der Waals surface area contributed by atoms with Crippen molar-refractivity contribution in [2.75, 3.05) is 14.2 Å². The van der Waals surface area contributed by atoms with Crippen LogP contribution in [0.5, 0.6) is 11.5 Å². The largest absolute Gasteiger partial charge is 0.493 e. The van der Waals surface area contributed by atoms with Crippen LogP contribution in [0.15, 0.2) is 12.1 Å². The molecule has 0 heterocycles. The van der Waals surface area contributed by atoms with Crippen LogP contribution in [0.3, 0.4) is 0 Å². The van der Waals surface area contributed by atoms with Gasteiger partial charge in [0.2, 0.25) is 5.12 Å². The number of methoxy groups -OCH3 is 2. The van der Waals surface area contributed by atoms with Crippen molar-refractivity contribution in [1.29, 1.82) is 0 Å². The van der Waals surface area contributed by atoms with Gasteiger partial charge in [-0.15, -0.1) is 12.6 Å². The van der Waals surface area contributed by atoms with Crippen molar-refractivity contribution in [3.8, 4) is 11.5 Å². The molecule has 0 saturated heterocycles. The molecule has 0 amide bonds. The molecule has 0 fully saturated rings. The summed E-state index contributed by atoms with van der Waals surface area (Å²) in [6.45, 7) is 1.82. The van der Waals surface area contributed by atoms with Gasteiger partial charge in [0.25, 0.3) is 0 Å². The lowest BCUT2D eigenvalue weighted by atomic mass is 10.1. The maximum absolute atomic E-state index is 11.1. The van der Waals surface area contributed by atoms with E-state index < -0.39 is 0 Å². The molecule has 0 bridgehead atoms. The van der Waals surface area contributed by atoms with Gasteiger partial charge in [0, 0.05) is 5.56 Å². The number of carbonyl (C=O) groups excluding carboxylic acids is 1. The van der Waals surface area contributed by atoms with Crippen molar-refractivity contribution in [2.45, 2.75) is 6.92 Å². The fourth-order valence-electron chi connectivity index (χ4n) is 1.21. The SMILES string of the molecule is COc1cc(C)c(C(=O)S)cc1OC. The summed E-state index contributed by atoms with van der Waals surface area (Å²) in [6, 6.07) is 3.38. The van der Waals surface area contributed by atoms with Crippen LogP contribution >= 0.6 is 12.6 Å². The molecule has 1 aromatic carbocycles. The zero-order valence-electron chi connectivity index (χ0n) is 8.33. The third-order valence-corrected chi connectivity index (χ3v) is 2.20. The highest BCUT2D eigenvalue weighted by Gasteiger charge is 2.11. The fourth-order valence-corrected chi connectivity index (χ4v) is 1.45. The Balaban J connectivity index is 3.30. The molecule has 3 nitrogen and oxygen atoms in total. The first-order valence-corrected chi connectivity index (χ1v) is 4.50. The fraction of sp³-hybridized carbons (Fsp3) is 0.300. The molecular weight excluding hydrogens is 200 g/mol. The lowest BCUT2D eigenvalue weighted by molar-refractivity contribution is 0.109. The average molecular weight is 212 g/mol.